The number of para-hydroxylation sites is 1. The number of sulfone groups is 1. The minimum absolute atomic E-state index is 0.106. The lowest BCUT2D eigenvalue weighted by molar-refractivity contribution is -0.141. The molecule has 7 nitrogen and oxygen atoms in total. The number of carboxylic acids is 1. The number of hydrogen-bond acceptors (Lipinski definition) is 5. The second-order valence-electron chi connectivity index (χ2n) is 5.36. The van der Waals surface area contributed by atoms with Crippen molar-refractivity contribution in [3.05, 3.63) is 42.1 Å². The number of aromatic nitrogens is 1. The summed E-state index contributed by atoms with van der Waals surface area (Å²) in [6.07, 6.45) is 0. The molecule has 2 heterocycles. The summed E-state index contributed by atoms with van der Waals surface area (Å²) in [6.45, 7) is -0.146. The fraction of sp³-hybridized carbons (Fsp3) is 0.267. The van der Waals surface area contributed by atoms with Crippen LogP contribution in [0.4, 0.5) is 0 Å². The van der Waals surface area contributed by atoms with Gasteiger partial charge in [0.15, 0.2) is 9.84 Å². The predicted molar refractivity (Wildman–Crippen MR) is 82.9 cm³/mol. The van der Waals surface area contributed by atoms with Crippen molar-refractivity contribution < 1.29 is 23.1 Å². The number of rotatable bonds is 2. The first-order chi connectivity index (χ1) is 10.9. The fourth-order valence-electron chi connectivity index (χ4n) is 2.59. The molecule has 0 bridgehead atoms. The Labute approximate surface area is 132 Å². The molecule has 2 aromatic rings. The molecule has 1 aromatic heterocycles. The maximum absolute atomic E-state index is 12.6. The average Bonchev–Trinajstić information content (AvgIpc) is 2.53. The maximum Gasteiger partial charge on any atom is 0.327 e. The number of hydrogen-bond donors (Lipinski definition) is 1. The van der Waals surface area contributed by atoms with Crippen LogP contribution < -0.4 is 0 Å². The molecule has 8 heteroatoms. The van der Waals surface area contributed by atoms with Gasteiger partial charge in [-0.15, -0.1) is 0 Å². The zero-order valence-corrected chi connectivity index (χ0v) is 12.9. The lowest BCUT2D eigenvalue weighted by Crippen LogP contribution is -2.54. The topological polar surface area (TPSA) is 105 Å². The molecule has 1 atom stereocenters. The van der Waals surface area contributed by atoms with Crippen molar-refractivity contribution in [2.24, 2.45) is 0 Å². The molecule has 1 fully saturated rings. The number of carbonyl (C=O) groups is 2. The predicted octanol–water partition coefficient (Wildman–Crippen LogP) is 0.559. The number of nitrogens with zero attached hydrogens (tertiary/aromatic N) is 2. The van der Waals surface area contributed by atoms with E-state index in [-0.39, 0.29) is 18.0 Å². The van der Waals surface area contributed by atoms with E-state index in [1.54, 1.807) is 18.2 Å². The lowest BCUT2D eigenvalue weighted by atomic mass is 10.2. The molecule has 0 saturated carbocycles. The number of aliphatic carboxylic acids is 1. The Morgan fingerprint density at radius 3 is 2.65 bits per heavy atom. The summed E-state index contributed by atoms with van der Waals surface area (Å²) in [5, 5.41) is 10.1. The largest absolute Gasteiger partial charge is 0.480 e. The molecule has 1 unspecified atom stereocenters. The standard InChI is InChI=1S/C15H14N2O5S/c18-14(12-6-5-10-3-1-2-4-11(10)16-12)17-7-8-23(21,22)9-13(17)15(19)20/h1-6,13H,7-9H2,(H,19,20). The molecule has 1 N–H and O–H groups in total. The van der Waals surface area contributed by atoms with Gasteiger partial charge in [0.1, 0.15) is 11.7 Å². The highest BCUT2D eigenvalue weighted by atomic mass is 32.2. The Balaban J connectivity index is 1.95. The van der Waals surface area contributed by atoms with Crippen molar-refractivity contribution in [1.29, 1.82) is 0 Å². The van der Waals surface area contributed by atoms with Crippen LogP contribution in [0.15, 0.2) is 36.4 Å². The number of benzene rings is 1. The molecule has 1 aliphatic heterocycles. The van der Waals surface area contributed by atoms with Crippen LogP contribution in [0.25, 0.3) is 10.9 Å². The number of pyridine rings is 1. The number of carboxylic acid groups (broad SMARTS) is 1. The maximum atomic E-state index is 12.6. The van der Waals surface area contributed by atoms with E-state index >= 15 is 0 Å². The summed E-state index contributed by atoms with van der Waals surface area (Å²) in [4.78, 5) is 29.2. The summed E-state index contributed by atoms with van der Waals surface area (Å²) in [5.74, 6) is -2.71. The molecule has 1 amide bonds. The van der Waals surface area contributed by atoms with Gasteiger partial charge >= 0.3 is 5.97 Å². The second kappa shape index (κ2) is 5.62. The van der Waals surface area contributed by atoms with Gasteiger partial charge in [0.25, 0.3) is 5.91 Å². The van der Waals surface area contributed by atoms with Crippen LogP contribution in [0.1, 0.15) is 10.5 Å². The molecule has 0 aliphatic carbocycles. The highest BCUT2D eigenvalue weighted by Gasteiger charge is 2.39. The zero-order chi connectivity index (χ0) is 16.6. The van der Waals surface area contributed by atoms with Gasteiger partial charge in [0.2, 0.25) is 0 Å². The van der Waals surface area contributed by atoms with Crippen LogP contribution in [0, 0.1) is 0 Å². The minimum Gasteiger partial charge on any atom is -0.480 e. The number of amides is 1. The van der Waals surface area contributed by atoms with E-state index in [1.807, 2.05) is 12.1 Å². The van der Waals surface area contributed by atoms with Gasteiger partial charge in [-0.1, -0.05) is 24.3 Å². The smallest absolute Gasteiger partial charge is 0.327 e. The Morgan fingerprint density at radius 2 is 1.91 bits per heavy atom. The van der Waals surface area contributed by atoms with Gasteiger partial charge in [-0.05, 0) is 12.1 Å². The molecule has 120 valence electrons. The van der Waals surface area contributed by atoms with E-state index in [4.69, 9.17) is 0 Å². The van der Waals surface area contributed by atoms with Crippen molar-refractivity contribution in [2.75, 3.05) is 18.1 Å². The Bertz CT molecular complexity index is 894. The first kappa shape index (κ1) is 15.4. The van der Waals surface area contributed by atoms with Crippen LogP contribution in [0.5, 0.6) is 0 Å². The molecule has 0 radical (unpaired) electrons. The minimum atomic E-state index is -3.46. The third-order valence-corrected chi connectivity index (χ3v) is 5.42. The Hall–Kier alpha value is -2.48. The van der Waals surface area contributed by atoms with E-state index < -0.39 is 33.5 Å². The molecule has 3 rings (SSSR count). The third-order valence-electron chi connectivity index (χ3n) is 3.79. The molecular weight excluding hydrogens is 320 g/mol. The van der Waals surface area contributed by atoms with Gasteiger partial charge in [-0.25, -0.2) is 18.2 Å². The fourth-order valence-corrected chi connectivity index (χ4v) is 4.03. The van der Waals surface area contributed by atoms with Crippen molar-refractivity contribution in [3.63, 3.8) is 0 Å². The molecule has 1 saturated heterocycles. The first-order valence-corrected chi connectivity index (χ1v) is 8.79. The van der Waals surface area contributed by atoms with Crippen LogP contribution in [0.3, 0.4) is 0 Å². The van der Waals surface area contributed by atoms with Crippen LogP contribution >= 0.6 is 0 Å². The first-order valence-electron chi connectivity index (χ1n) is 6.97. The summed E-state index contributed by atoms with van der Waals surface area (Å²) < 4.78 is 23.3. The van der Waals surface area contributed by atoms with E-state index in [0.29, 0.717) is 5.52 Å². The van der Waals surface area contributed by atoms with E-state index in [9.17, 15) is 23.1 Å². The van der Waals surface area contributed by atoms with Crippen LogP contribution in [0.2, 0.25) is 0 Å². The SMILES string of the molecule is O=C(O)C1CS(=O)(=O)CCN1C(=O)c1ccc2ccccc2n1. The number of carbonyl (C=O) groups excluding carboxylic acids is 1. The van der Waals surface area contributed by atoms with Crippen molar-refractivity contribution in [1.82, 2.24) is 9.88 Å². The van der Waals surface area contributed by atoms with Gasteiger partial charge < -0.3 is 10.0 Å². The normalized spacial score (nSPS) is 20.3. The van der Waals surface area contributed by atoms with Crippen molar-refractivity contribution in [2.45, 2.75) is 6.04 Å². The van der Waals surface area contributed by atoms with Gasteiger partial charge in [-0.2, -0.15) is 0 Å². The Morgan fingerprint density at radius 1 is 1.17 bits per heavy atom. The van der Waals surface area contributed by atoms with Crippen LogP contribution in [-0.4, -0.2) is 59.4 Å². The molecular formula is C15H14N2O5S. The zero-order valence-electron chi connectivity index (χ0n) is 12.0. The highest BCUT2D eigenvalue weighted by molar-refractivity contribution is 7.91. The summed E-state index contributed by atoms with van der Waals surface area (Å²) in [6, 6.07) is 9.11. The summed E-state index contributed by atoms with van der Waals surface area (Å²) in [7, 11) is -3.46. The molecule has 1 aromatic carbocycles. The van der Waals surface area contributed by atoms with Gasteiger partial charge in [0, 0.05) is 11.9 Å². The van der Waals surface area contributed by atoms with Gasteiger partial charge in [-0.3, -0.25) is 4.79 Å². The van der Waals surface area contributed by atoms with E-state index in [2.05, 4.69) is 4.98 Å². The molecule has 1 aliphatic rings. The van der Waals surface area contributed by atoms with Crippen molar-refractivity contribution >= 4 is 32.6 Å². The summed E-state index contributed by atoms with van der Waals surface area (Å²) in [5.41, 5.74) is 0.726. The highest BCUT2D eigenvalue weighted by Crippen LogP contribution is 2.18. The Kier molecular flexibility index (Phi) is 3.77. The van der Waals surface area contributed by atoms with Gasteiger partial charge in [0.05, 0.1) is 17.0 Å². The average molecular weight is 334 g/mol. The lowest BCUT2D eigenvalue weighted by Gasteiger charge is -2.32. The van der Waals surface area contributed by atoms with Crippen LogP contribution in [-0.2, 0) is 14.6 Å². The quantitative estimate of drug-likeness (QED) is 0.860. The second-order valence-corrected chi connectivity index (χ2v) is 7.58. The molecule has 23 heavy (non-hydrogen) atoms. The van der Waals surface area contributed by atoms with E-state index in [0.717, 1.165) is 10.3 Å². The summed E-state index contributed by atoms with van der Waals surface area (Å²) >= 11 is 0. The molecule has 0 spiro atoms. The van der Waals surface area contributed by atoms with Crippen molar-refractivity contribution in [3.8, 4) is 0 Å². The third kappa shape index (κ3) is 3.02. The number of fused-ring (bicyclic) bond motifs is 1. The monoisotopic (exact) mass is 334 g/mol. The van der Waals surface area contributed by atoms with E-state index in [1.165, 1.54) is 6.07 Å².